The maximum absolute atomic E-state index is 8.52. The Morgan fingerprint density at radius 2 is 2.33 bits per heavy atom. The zero-order valence-electron chi connectivity index (χ0n) is 7.00. The van der Waals surface area contributed by atoms with Gasteiger partial charge in [-0.25, -0.2) is 0 Å². The van der Waals surface area contributed by atoms with Crippen molar-refractivity contribution in [3.05, 3.63) is 0 Å². The lowest BCUT2D eigenvalue weighted by Crippen LogP contribution is -2.31. The van der Waals surface area contributed by atoms with Gasteiger partial charge in [-0.15, -0.1) is 11.6 Å². The Bertz CT molecular complexity index is 161. The van der Waals surface area contributed by atoms with Crippen molar-refractivity contribution in [2.24, 2.45) is 0 Å². The smallest absolute Gasteiger partial charge is 0.133 e. The van der Waals surface area contributed by atoms with Crippen molar-refractivity contribution in [2.45, 2.75) is 11.8 Å². The first-order chi connectivity index (χ1) is 5.83. The van der Waals surface area contributed by atoms with Crippen molar-refractivity contribution in [3.63, 3.8) is 0 Å². The molecule has 2 nitrogen and oxygen atoms in total. The minimum Gasteiger partial charge on any atom is -0.300 e. The molecule has 0 amide bonds. The fourth-order valence-electron chi connectivity index (χ4n) is 1.25. The van der Waals surface area contributed by atoms with Crippen LogP contribution in [-0.4, -0.2) is 41.4 Å². The number of alkyl halides is 1. The summed E-state index contributed by atoms with van der Waals surface area (Å²) < 4.78 is 0. The molecule has 1 saturated heterocycles. The highest BCUT2D eigenvalue weighted by atomic mass is 35.5. The topological polar surface area (TPSA) is 27.0 Å². The first-order valence-corrected chi connectivity index (χ1v) is 5.76. The Morgan fingerprint density at radius 3 is 3.08 bits per heavy atom. The monoisotopic (exact) mass is 204 g/mol. The molecule has 1 fully saturated rings. The van der Waals surface area contributed by atoms with Crippen molar-refractivity contribution in [2.75, 3.05) is 31.1 Å². The second kappa shape index (κ2) is 5.69. The lowest BCUT2D eigenvalue weighted by Gasteiger charge is -2.19. The summed E-state index contributed by atoms with van der Waals surface area (Å²) in [6.07, 6.45) is 1.22. The second-order valence-corrected chi connectivity index (χ2v) is 4.61. The van der Waals surface area contributed by atoms with E-state index in [4.69, 9.17) is 16.9 Å². The van der Waals surface area contributed by atoms with Crippen LogP contribution in [0.25, 0.3) is 0 Å². The molecule has 0 saturated carbocycles. The minimum atomic E-state index is -0.340. The van der Waals surface area contributed by atoms with Crippen LogP contribution in [0.3, 0.4) is 0 Å². The first-order valence-electron chi connectivity index (χ1n) is 4.16. The van der Waals surface area contributed by atoms with E-state index in [-0.39, 0.29) is 5.38 Å². The van der Waals surface area contributed by atoms with Crippen LogP contribution >= 0.6 is 23.4 Å². The Labute approximate surface area is 82.9 Å². The second-order valence-electron chi connectivity index (χ2n) is 2.86. The third-order valence-corrected chi connectivity index (χ3v) is 3.16. The molecular formula is C8H13ClN2S. The molecule has 0 spiro atoms. The number of thioether (sulfide) groups is 1. The van der Waals surface area contributed by atoms with Gasteiger partial charge in [-0.3, -0.25) is 4.90 Å². The Morgan fingerprint density at radius 1 is 1.50 bits per heavy atom. The molecule has 1 atom stereocenters. The van der Waals surface area contributed by atoms with E-state index in [1.54, 1.807) is 0 Å². The molecule has 0 radical (unpaired) electrons. The van der Waals surface area contributed by atoms with E-state index in [1.165, 1.54) is 17.9 Å². The maximum Gasteiger partial charge on any atom is 0.133 e. The molecule has 1 rings (SSSR count). The molecule has 4 heteroatoms. The standard InChI is InChI=1S/C8H13ClN2S/c9-8(6-10)7-11-2-1-4-12-5-3-11/h8H,1-5,7H2. The molecule has 0 bridgehead atoms. The summed E-state index contributed by atoms with van der Waals surface area (Å²) >= 11 is 7.73. The highest BCUT2D eigenvalue weighted by Gasteiger charge is 2.12. The molecule has 1 unspecified atom stereocenters. The van der Waals surface area contributed by atoms with E-state index in [9.17, 15) is 0 Å². The number of nitrogens with zero attached hydrogens (tertiary/aromatic N) is 2. The number of rotatable bonds is 2. The molecule has 0 aromatic heterocycles. The van der Waals surface area contributed by atoms with Crippen LogP contribution < -0.4 is 0 Å². The van der Waals surface area contributed by atoms with E-state index in [2.05, 4.69) is 4.90 Å². The molecule has 0 aliphatic carbocycles. The molecule has 12 heavy (non-hydrogen) atoms. The minimum absolute atomic E-state index is 0.340. The van der Waals surface area contributed by atoms with Crippen LogP contribution in [0.4, 0.5) is 0 Å². The van der Waals surface area contributed by atoms with Gasteiger partial charge in [0.1, 0.15) is 5.38 Å². The van der Waals surface area contributed by atoms with E-state index in [1.807, 2.05) is 17.8 Å². The van der Waals surface area contributed by atoms with Crippen molar-refractivity contribution in [1.82, 2.24) is 4.90 Å². The van der Waals surface area contributed by atoms with Crippen molar-refractivity contribution in [3.8, 4) is 6.07 Å². The third-order valence-electron chi connectivity index (χ3n) is 1.87. The summed E-state index contributed by atoms with van der Waals surface area (Å²) in [5, 5.41) is 8.18. The molecule has 1 aliphatic rings. The Balaban J connectivity index is 2.25. The van der Waals surface area contributed by atoms with E-state index in [0.29, 0.717) is 0 Å². The third kappa shape index (κ3) is 3.66. The molecule has 0 N–H and O–H groups in total. The van der Waals surface area contributed by atoms with Gasteiger partial charge in [-0.2, -0.15) is 17.0 Å². The summed E-state index contributed by atoms with van der Waals surface area (Å²) in [6.45, 7) is 2.89. The molecule has 1 aliphatic heterocycles. The van der Waals surface area contributed by atoms with Gasteiger partial charge < -0.3 is 0 Å². The zero-order valence-corrected chi connectivity index (χ0v) is 8.57. The molecule has 68 valence electrons. The van der Waals surface area contributed by atoms with Crippen molar-refractivity contribution < 1.29 is 0 Å². The lowest BCUT2D eigenvalue weighted by molar-refractivity contribution is 0.304. The molecule has 1 heterocycles. The van der Waals surface area contributed by atoms with Crippen LogP contribution in [0.15, 0.2) is 0 Å². The van der Waals surface area contributed by atoms with Crippen molar-refractivity contribution in [1.29, 1.82) is 5.26 Å². The zero-order chi connectivity index (χ0) is 8.81. The van der Waals surface area contributed by atoms with Gasteiger partial charge in [0.25, 0.3) is 0 Å². The number of hydrogen-bond donors (Lipinski definition) is 0. The van der Waals surface area contributed by atoms with Gasteiger partial charge in [0.05, 0.1) is 6.07 Å². The van der Waals surface area contributed by atoms with E-state index >= 15 is 0 Å². The SMILES string of the molecule is N#CC(Cl)CN1CCCSCC1. The largest absolute Gasteiger partial charge is 0.300 e. The Hall–Kier alpha value is 0.0900. The van der Waals surface area contributed by atoms with E-state index < -0.39 is 0 Å². The molecular weight excluding hydrogens is 192 g/mol. The normalized spacial score (nSPS) is 22.7. The van der Waals surface area contributed by atoms with Crippen LogP contribution in [0.2, 0.25) is 0 Å². The summed E-state index contributed by atoms with van der Waals surface area (Å²) in [6, 6.07) is 2.05. The van der Waals surface area contributed by atoms with Crippen molar-refractivity contribution >= 4 is 23.4 Å². The quantitative estimate of drug-likeness (QED) is 0.639. The van der Waals surface area contributed by atoms with Gasteiger partial charge in [0.15, 0.2) is 0 Å². The summed E-state index contributed by atoms with van der Waals surface area (Å²) in [5.41, 5.74) is 0. The first kappa shape index (κ1) is 10.2. The maximum atomic E-state index is 8.52. The highest BCUT2D eigenvalue weighted by Crippen LogP contribution is 2.10. The van der Waals surface area contributed by atoms with E-state index in [0.717, 1.165) is 19.6 Å². The molecule has 0 aromatic carbocycles. The predicted octanol–water partition coefficient (Wildman–Crippen LogP) is 1.56. The van der Waals surface area contributed by atoms with Crippen LogP contribution in [-0.2, 0) is 0 Å². The average Bonchev–Trinajstić information content (AvgIpc) is 2.33. The van der Waals surface area contributed by atoms with Crippen LogP contribution in [0, 0.1) is 11.3 Å². The highest BCUT2D eigenvalue weighted by molar-refractivity contribution is 7.99. The Kier molecular flexibility index (Phi) is 4.82. The van der Waals surface area contributed by atoms with Crippen LogP contribution in [0.5, 0.6) is 0 Å². The summed E-state index contributed by atoms with van der Waals surface area (Å²) in [5.74, 6) is 2.42. The average molecular weight is 205 g/mol. The van der Waals surface area contributed by atoms with Gasteiger partial charge in [-0.1, -0.05) is 0 Å². The van der Waals surface area contributed by atoms with Gasteiger partial charge >= 0.3 is 0 Å². The fraction of sp³-hybridized carbons (Fsp3) is 0.875. The number of hydrogen-bond acceptors (Lipinski definition) is 3. The number of halogens is 1. The van der Waals surface area contributed by atoms with Gasteiger partial charge in [-0.05, 0) is 18.7 Å². The summed E-state index contributed by atoms with van der Waals surface area (Å²) in [7, 11) is 0. The van der Waals surface area contributed by atoms with Crippen LogP contribution in [0.1, 0.15) is 6.42 Å². The number of nitriles is 1. The van der Waals surface area contributed by atoms with Gasteiger partial charge in [0.2, 0.25) is 0 Å². The molecule has 0 aromatic rings. The summed E-state index contributed by atoms with van der Waals surface area (Å²) in [4.78, 5) is 2.28. The lowest BCUT2D eigenvalue weighted by atomic mass is 10.3. The fourth-order valence-corrected chi connectivity index (χ4v) is 2.37. The predicted molar refractivity (Wildman–Crippen MR) is 53.6 cm³/mol. The van der Waals surface area contributed by atoms with Gasteiger partial charge in [0, 0.05) is 18.8 Å².